The van der Waals surface area contributed by atoms with E-state index in [0.29, 0.717) is 32.0 Å². The second-order valence-electron chi connectivity index (χ2n) is 4.70. The Kier molecular flexibility index (Phi) is 6.22. The van der Waals surface area contributed by atoms with Crippen molar-refractivity contribution in [3.8, 4) is 0 Å². The largest absolute Gasteiger partial charge is 0.381 e. The van der Waals surface area contributed by atoms with Crippen LogP contribution in [0.2, 0.25) is 0 Å². The maximum atomic E-state index is 11.4. The average Bonchev–Trinajstić information content (AvgIpc) is 2.66. The van der Waals surface area contributed by atoms with Gasteiger partial charge in [0, 0.05) is 30.3 Å². The Morgan fingerprint density at radius 1 is 1.32 bits per heavy atom. The van der Waals surface area contributed by atoms with Crippen LogP contribution in [-0.4, -0.2) is 36.4 Å². The number of hydrogen-bond donors (Lipinski definition) is 0. The molecule has 0 aliphatic heterocycles. The lowest BCUT2D eigenvalue weighted by Gasteiger charge is -2.11. The first-order valence-electron chi connectivity index (χ1n) is 6.30. The predicted molar refractivity (Wildman–Crippen MR) is 72.7 cm³/mol. The number of hydrogen-bond acceptors (Lipinski definition) is 5. The highest BCUT2D eigenvalue weighted by molar-refractivity contribution is 8.13. The molecule has 0 aliphatic carbocycles. The first-order chi connectivity index (χ1) is 8.86. The molecule has 6 nitrogen and oxygen atoms in total. The van der Waals surface area contributed by atoms with Crippen LogP contribution in [0.15, 0.2) is 5.16 Å². The van der Waals surface area contributed by atoms with E-state index in [-0.39, 0.29) is 11.1 Å². The molecule has 110 valence electrons. The van der Waals surface area contributed by atoms with E-state index in [4.69, 9.17) is 15.4 Å². The van der Waals surface area contributed by atoms with E-state index in [1.807, 2.05) is 20.8 Å². The summed E-state index contributed by atoms with van der Waals surface area (Å²) < 4.78 is 29.8. The van der Waals surface area contributed by atoms with Gasteiger partial charge in [0.2, 0.25) is 0 Å². The summed E-state index contributed by atoms with van der Waals surface area (Å²) in [5.74, 6) is 0.854. The summed E-state index contributed by atoms with van der Waals surface area (Å²) in [4.78, 5) is 0. The van der Waals surface area contributed by atoms with Gasteiger partial charge in [-0.15, -0.1) is 10.2 Å². The van der Waals surface area contributed by atoms with Crippen molar-refractivity contribution in [1.29, 1.82) is 0 Å². The Balaban J connectivity index is 2.88. The third kappa shape index (κ3) is 5.08. The lowest BCUT2D eigenvalue weighted by molar-refractivity contribution is 0.135. The number of halogens is 1. The maximum Gasteiger partial charge on any atom is 0.296 e. The average molecular weight is 310 g/mol. The van der Waals surface area contributed by atoms with Crippen molar-refractivity contribution in [2.24, 2.45) is 5.92 Å². The van der Waals surface area contributed by atoms with E-state index in [9.17, 15) is 8.42 Å². The highest BCUT2D eigenvalue weighted by atomic mass is 35.7. The molecule has 0 aromatic carbocycles. The van der Waals surface area contributed by atoms with E-state index in [1.54, 1.807) is 4.57 Å². The molecular formula is C11H20ClN3O3S. The fraction of sp³-hybridized carbons (Fsp3) is 0.818. The van der Waals surface area contributed by atoms with Gasteiger partial charge >= 0.3 is 0 Å². The highest BCUT2D eigenvalue weighted by Crippen LogP contribution is 2.16. The lowest BCUT2D eigenvalue weighted by Crippen LogP contribution is -2.15. The summed E-state index contributed by atoms with van der Waals surface area (Å²) >= 11 is 0. The minimum Gasteiger partial charge on any atom is -0.381 e. The molecule has 1 rings (SSSR count). The molecule has 0 aliphatic rings. The SMILES string of the molecule is CCCOCCc1nnc(S(=O)(=O)Cl)n1CC(C)C. The zero-order valence-electron chi connectivity index (χ0n) is 11.5. The Bertz CT molecular complexity index is 499. The predicted octanol–water partition coefficient (Wildman–Crippen LogP) is 1.83. The van der Waals surface area contributed by atoms with Crippen LogP contribution in [0.5, 0.6) is 0 Å². The molecule has 8 heteroatoms. The third-order valence-corrected chi connectivity index (χ3v) is 3.53. The molecule has 0 atom stereocenters. The zero-order chi connectivity index (χ0) is 14.5. The molecular weight excluding hydrogens is 290 g/mol. The van der Waals surface area contributed by atoms with E-state index in [0.717, 1.165) is 6.42 Å². The molecule has 0 fully saturated rings. The van der Waals surface area contributed by atoms with E-state index < -0.39 is 9.05 Å². The van der Waals surface area contributed by atoms with Crippen LogP contribution in [0.4, 0.5) is 0 Å². The smallest absolute Gasteiger partial charge is 0.296 e. The normalized spacial score (nSPS) is 12.3. The second kappa shape index (κ2) is 7.21. The number of ether oxygens (including phenoxy) is 1. The summed E-state index contributed by atoms with van der Waals surface area (Å²) in [7, 11) is 1.49. The fourth-order valence-corrected chi connectivity index (χ4v) is 2.57. The quantitative estimate of drug-likeness (QED) is 0.541. The highest BCUT2D eigenvalue weighted by Gasteiger charge is 2.22. The van der Waals surface area contributed by atoms with Crippen LogP contribution in [0.3, 0.4) is 0 Å². The van der Waals surface area contributed by atoms with Crippen LogP contribution in [0.25, 0.3) is 0 Å². The Morgan fingerprint density at radius 3 is 2.53 bits per heavy atom. The molecule has 1 aromatic heterocycles. The standard InChI is InChI=1S/C11H20ClN3O3S/c1-4-6-18-7-5-10-13-14-11(19(12,16)17)15(10)8-9(2)3/h9H,4-8H2,1-3H3. The van der Waals surface area contributed by atoms with Crippen molar-refractivity contribution in [2.75, 3.05) is 13.2 Å². The molecule has 1 aromatic rings. The van der Waals surface area contributed by atoms with Crippen molar-refractivity contribution < 1.29 is 13.2 Å². The molecule has 0 spiro atoms. The second-order valence-corrected chi connectivity index (χ2v) is 7.16. The van der Waals surface area contributed by atoms with Gasteiger partial charge < -0.3 is 9.30 Å². The first kappa shape index (κ1) is 16.4. The third-order valence-electron chi connectivity index (χ3n) is 2.38. The Hall–Kier alpha value is -0.660. The number of nitrogens with zero attached hydrogens (tertiary/aromatic N) is 3. The summed E-state index contributed by atoms with van der Waals surface area (Å²) in [6.07, 6.45) is 1.46. The van der Waals surface area contributed by atoms with Crippen molar-refractivity contribution in [3.05, 3.63) is 5.82 Å². The van der Waals surface area contributed by atoms with E-state index >= 15 is 0 Å². The van der Waals surface area contributed by atoms with E-state index in [1.165, 1.54) is 0 Å². The molecule has 0 bridgehead atoms. The zero-order valence-corrected chi connectivity index (χ0v) is 13.0. The molecule has 0 unspecified atom stereocenters. The Morgan fingerprint density at radius 2 is 2.00 bits per heavy atom. The van der Waals surface area contributed by atoms with Crippen molar-refractivity contribution >= 4 is 19.7 Å². The van der Waals surface area contributed by atoms with Gasteiger partial charge in [0.25, 0.3) is 14.2 Å². The minimum absolute atomic E-state index is 0.187. The van der Waals surface area contributed by atoms with Crippen molar-refractivity contribution in [3.63, 3.8) is 0 Å². The number of rotatable bonds is 8. The molecule has 0 saturated carbocycles. The van der Waals surface area contributed by atoms with E-state index in [2.05, 4.69) is 10.2 Å². The minimum atomic E-state index is -3.87. The molecule has 0 N–H and O–H groups in total. The summed E-state index contributed by atoms with van der Waals surface area (Å²) in [6, 6.07) is 0. The first-order valence-corrected chi connectivity index (χ1v) is 8.61. The summed E-state index contributed by atoms with van der Waals surface area (Å²) in [5.41, 5.74) is 0. The molecule has 0 amide bonds. The molecule has 0 saturated heterocycles. The van der Waals surface area contributed by atoms with Crippen LogP contribution < -0.4 is 0 Å². The van der Waals surface area contributed by atoms with Crippen LogP contribution in [0.1, 0.15) is 33.0 Å². The van der Waals surface area contributed by atoms with Gasteiger partial charge in [-0.3, -0.25) is 0 Å². The van der Waals surface area contributed by atoms with Gasteiger partial charge in [-0.1, -0.05) is 20.8 Å². The molecule has 19 heavy (non-hydrogen) atoms. The number of aromatic nitrogens is 3. The summed E-state index contributed by atoms with van der Waals surface area (Å²) in [6.45, 7) is 7.69. The van der Waals surface area contributed by atoms with Crippen LogP contribution in [0, 0.1) is 5.92 Å². The van der Waals surface area contributed by atoms with Gasteiger partial charge in [0.05, 0.1) is 6.61 Å². The molecule has 1 heterocycles. The van der Waals surface area contributed by atoms with Crippen molar-refractivity contribution in [1.82, 2.24) is 14.8 Å². The van der Waals surface area contributed by atoms with Gasteiger partial charge in [-0.05, 0) is 12.3 Å². The van der Waals surface area contributed by atoms with Gasteiger partial charge in [-0.25, -0.2) is 8.42 Å². The van der Waals surface area contributed by atoms with Gasteiger partial charge in [0.15, 0.2) is 0 Å². The molecule has 0 radical (unpaired) electrons. The Labute approximate surface area is 118 Å². The maximum absolute atomic E-state index is 11.4. The van der Waals surface area contributed by atoms with Crippen molar-refractivity contribution in [2.45, 2.75) is 45.3 Å². The summed E-state index contributed by atoms with van der Waals surface area (Å²) in [5, 5.41) is 7.39. The van der Waals surface area contributed by atoms with Crippen LogP contribution >= 0.6 is 10.7 Å². The fourth-order valence-electron chi connectivity index (χ4n) is 1.64. The topological polar surface area (TPSA) is 74.1 Å². The van der Waals surface area contributed by atoms with Crippen LogP contribution in [-0.2, 0) is 26.8 Å². The lowest BCUT2D eigenvalue weighted by atomic mass is 10.2. The van der Waals surface area contributed by atoms with Gasteiger partial charge in [0.1, 0.15) is 5.82 Å². The van der Waals surface area contributed by atoms with Gasteiger partial charge in [-0.2, -0.15) is 0 Å². The monoisotopic (exact) mass is 309 g/mol.